The molecule has 0 unspecified atom stereocenters. The fraction of sp³-hybridized carbons (Fsp3) is 0.308. The van der Waals surface area contributed by atoms with Gasteiger partial charge in [-0.3, -0.25) is 25.2 Å². The minimum atomic E-state index is -0.972. The van der Waals surface area contributed by atoms with Crippen LogP contribution in [0.25, 0.3) is 0 Å². The summed E-state index contributed by atoms with van der Waals surface area (Å²) in [6.45, 7) is -0.462. The number of nitrogens with one attached hydrogen (secondary N) is 3. The van der Waals surface area contributed by atoms with Crippen LogP contribution in [0.3, 0.4) is 0 Å². The summed E-state index contributed by atoms with van der Waals surface area (Å²) in [6.07, 6.45) is 1.69. The lowest BCUT2D eigenvalue weighted by Crippen LogP contribution is -2.50. The molecule has 0 bridgehead atoms. The quantitative estimate of drug-likeness (QED) is 0.546. The van der Waals surface area contributed by atoms with E-state index in [2.05, 4.69) is 5.32 Å². The summed E-state index contributed by atoms with van der Waals surface area (Å²) in [5.74, 6) is -2.90. The molecule has 118 valence electrons. The van der Waals surface area contributed by atoms with Crippen molar-refractivity contribution in [2.75, 3.05) is 6.61 Å². The molecule has 1 aliphatic rings. The average Bonchev–Trinajstić information content (AvgIpc) is 3.27. The minimum absolute atomic E-state index is 0.0145. The molecule has 0 aromatic heterocycles. The standard InChI is InChI=1S/C13H13ClFN3O4/c14-9-5-7(15)1-4-10(9)22-6-11(19)17-18-13(21)12(20)16-8-2-3-8/h1,4-5,8H,2-3,6H2,(H,16,20)(H,17,19)(H,18,21). The Kier molecular flexibility index (Phi) is 5.16. The van der Waals surface area contributed by atoms with Gasteiger partial charge in [-0.05, 0) is 31.0 Å². The maximum absolute atomic E-state index is 12.8. The highest BCUT2D eigenvalue weighted by molar-refractivity contribution is 6.35. The zero-order valence-corrected chi connectivity index (χ0v) is 12.1. The predicted octanol–water partition coefficient (Wildman–Crippen LogP) is 0.284. The molecule has 2 rings (SSSR count). The van der Waals surface area contributed by atoms with Crippen molar-refractivity contribution in [1.82, 2.24) is 16.2 Å². The Morgan fingerprint density at radius 2 is 1.95 bits per heavy atom. The first-order chi connectivity index (χ1) is 10.5. The zero-order valence-electron chi connectivity index (χ0n) is 11.3. The molecule has 0 heterocycles. The van der Waals surface area contributed by atoms with Gasteiger partial charge in [-0.15, -0.1) is 0 Å². The molecule has 7 nitrogen and oxygen atoms in total. The molecule has 3 amide bonds. The van der Waals surface area contributed by atoms with Gasteiger partial charge in [-0.2, -0.15) is 0 Å². The van der Waals surface area contributed by atoms with Gasteiger partial charge in [0.2, 0.25) is 0 Å². The van der Waals surface area contributed by atoms with E-state index in [-0.39, 0.29) is 16.8 Å². The Morgan fingerprint density at radius 3 is 2.59 bits per heavy atom. The Bertz CT molecular complexity index is 607. The van der Waals surface area contributed by atoms with Gasteiger partial charge >= 0.3 is 11.8 Å². The molecule has 0 spiro atoms. The van der Waals surface area contributed by atoms with Crippen LogP contribution in [0.1, 0.15) is 12.8 Å². The number of hydrazine groups is 1. The van der Waals surface area contributed by atoms with E-state index in [1.807, 2.05) is 10.9 Å². The summed E-state index contributed by atoms with van der Waals surface area (Å²) < 4.78 is 17.9. The third kappa shape index (κ3) is 4.88. The van der Waals surface area contributed by atoms with Crippen LogP contribution < -0.4 is 20.9 Å². The van der Waals surface area contributed by atoms with Gasteiger partial charge in [-0.25, -0.2) is 4.39 Å². The van der Waals surface area contributed by atoms with E-state index in [0.29, 0.717) is 0 Å². The van der Waals surface area contributed by atoms with E-state index in [4.69, 9.17) is 16.3 Å². The molecule has 0 radical (unpaired) electrons. The Hall–Kier alpha value is -2.35. The molecule has 0 saturated heterocycles. The summed E-state index contributed by atoms with van der Waals surface area (Å²) in [7, 11) is 0. The monoisotopic (exact) mass is 329 g/mol. The lowest BCUT2D eigenvalue weighted by Gasteiger charge is -2.09. The third-order valence-electron chi connectivity index (χ3n) is 2.69. The normalized spacial score (nSPS) is 13.2. The number of halogens is 2. The molecule has 0 atom stereocenters. The van der Waals surface area contributed by atoms with Gasteiger partial charge < -0.3 is 10.1 Å². The third-order valence-corrected chi connectivity index (χ3v) is 2.98. The lowest BCUT2D eigenvalue weighted by molar-refractivity contribution is -0.141. The molecular formula is C13H13ClFN3O4. The highest BCUT2D eigenvalue weighted by Crippen LogP contribution is 2.24. The maximum atomic E-state index is 12.8. The van der Waals surface area contributed by atoms with Gasteiger partial charge in [0.05, 0.1) is 5.02 Å². The first kappa shape index (κ1) is 16.0. The number of carbonyl (C=O) groups is 3. The summed E-state index contributed by atoms with van der Waals surface area (Å²) in [4.78, 5) is 34.1. The Morgan fingerprint density at radius 1 is 1.23 bits per heavy atom. The lowest BCUT2D eigenvalue weighted by atomic mass is 10.3. The van der Waals surface area contributed by atoms with Gasteiger partial charge in [0.25, 0.3) is 5.91 Å². The van der Waals surface area contributed by atoms with E-state index in [1.54, 1.807) is 0 Å². The number of rotatable bonds is 4. The zero-order chi connectivity index (χ0) is 16.1. The largest absolute Gasteiger partial charge is 0.482 e. The molecule has 1 fully saturated rings. The molecule has 3 N–H and O–H groups in total. The topological polar surface area (TPSA) is 96.5 Å². The molecule has 1 saturated carbocycles. The maximum Gasteiger partial charge on any atom is 0.327 e. The smallest absolute Gasteiger partial charge is 0.327 e. The Balaban J connectivity index is 1.71. The molecule has 22 heavy (non-hydrogen) atoms. The van der Waals surface area contributed by atoms with Crippen LogP contribution in [0.4, 0.5) is 4.39 Å². The first-order valence-electron chi connectivity index (χ1n) is 6.43. The van der Waals surface area contributed by atoms with Crippen molar-refractivity contribution in [3.8, 4) is 5.75 Å². The van der Waals surface area contributed by atoms with Crippen molar-refractivity contribution in [3.05, 3.63) is 29.0 Å². The van der Waals surface area contributed by atoms with Crippen molar-refractivity contribution in [2.45, 2.75) is 18.9 Å². The SMILES string of the molecule is O=C(COc1ccc(F)cc1Cl)NNC(=O)C(=O)NC1CC1. The van der Waals surface area contributed by atoms with Crippen molar-refractivity contribution < 1.29 is 23.5 Å². The van der Waals surface area contributed by atoms with Crippen molar-refractivity contribution in [2.24, 2.45) is 0 Å². The molecule has 1 aliphatic carbocycles. The van der Waals surface area contributed by atoms with Gasteiger partial charge in [0, 0.05) is 6.04 Å². The van der Waals surface area contributed by atoms with Crippen LogP contribution in [0.2, 0.25) is 5.02 Å². The minimum Gasteiger partial charge on any atom is -0.482 e. The van der Waals surface area contributed by atoms with Gasteiger partial charge in [0.15, 0.2) is 6.61 Å². The van der Waals surface area contributed by atoms with E-state index in [0.717, 1.165) is 25.0 Å². The highest BCUT2D eigenvalue weighted by Gasteiger charge is 2.26. The predicted molar refractivity (Wildman–Crippen MR) is 74.4 cm³/mol. The second-order valence-corrected chi connectivity index (χ2v) is 5.02. The number of benzene rings is 1. The van der Waals surface area contributed by atoms with Crippen molar-refractivity contribution >= 4 is 29.3 Å². The van der Waals surface area contributed by atoms with Gasteiger partial charge in [0.1, 0.15) is 11.6 Å². The van der Waals surface area contributed by atoms with Crippen LogP contribution in [-0.2, 0) is 14.4 Å². The van der Waals surface area contributed by atoms with E-state index in [9.17, 15) is 18.8 Å². The second-order valence-electron chi connectivity index (χ2n) is 4.61. The summed E-state index contributed by atoms with van der Waals surface area (Å²) >= 11 is 5.72. The van der Waals surface area contributed by atoms with Crippen LogP contribution in [0, 0.1) is 5.82 Å². The molecule has 9 heteroatoms. The summed E-state index contributed by atoms with van der Waals surface area (Å²) in [5, 5.41) is 2.48. The fourth-order valence-corrected chi connectivity index (χ4v) is 1.66. The average molecular weight is 330 g/mol. The number of hydrogen-bond donors (Lipinski definition) is 3. The van der Waals surface area contributed by atoms with Crippen LogP contribution in [0.15, 0.2) is 18.2 Å². The summed E-state index contributed by atoms with van der Waals surface area (Å²) in [6, 6.07) is 3.48. The number of hydrogen-bond acceptors (Lipinski definition) is 4. The fourth-order valence-electron chi connectivity index (χ4n) is 1.43. The number of carbonyl (C=O) groups excluding carboxylic acids is 3. The van der Waals surface area contributed by atoms with E-state index in [1.165, 1.54) is 6.07 Å². The molecule has 1 aromatic rings. The summed E-state index contributed by atoms with van der Waals surface area (Å²) in [5.41, 5.74) is 3.97. The first-order valence-corrected chi connectivity index (χ1v) is 6.81. The van der Waals surface area contributed by atoms with E-state index < -0.39 is 30.1 Å². The number of ether oxygens (including phenoxy) is 1. The number of amides is 3. The van der Waals surface area contributed by atoms with Crippen LogP contribution in [-0.4, -0.2) is 30.4 Å². The second kappa shape index (κ2) is 7.08. The molecule has 1 aromatic carbocycles. The highest BCUT2D eigenvalue weighted by atomic mass is 35.5. The molecular weight excluding hydrogens is 317 g/mol. The van der Waals surface area contributed by atoms with Crippen molar-refractivity contribution in [1.29, 1.82) is 0 Å². The van der Waals surface area contributed by atoms with Crippen LogP contribution in [0.5, 0.6) is 5.75 Å². The van der Waals surface area contributed by atoms with E-state index >= 15 is 0 Å². The van der Waals surface area contributed by atoms with Crippen LogP contribution >= 0.6 is 11.6 Å². The van der Waals surface area contributed by atoms with Gasteiger partial charge in [-0.1, -0.05) is 11.6 Å². The van der Waals surface area contributed by atoms with Crippen molar-refractivity contribution in [3.63, 3.8) is 0 Å². The Labute approximate surface area is 130 Å². The molecule has 0 aliphatic heterocycles.